The molecule has 138 valence electrons. The van der Waals surface area contributed by atoms with E-state index in [1.54, 1.807) is 18.3 Å². The van der Waals surface area contributed by atoms with Crippen LogP contribution in [0.1, 0.15) is 24.4 Å². The van der Waals surface area contributed by atoms with E-state index in [0.29, 0.717) is 6.54 Å². The van der Waals surface area contributed by atoms with Crippen LogP contribution in [-0.2, 0) is 12.0 Å². The van der Waals surface area contributed by atoms with Crippen LogP contribution in [0.15, 0.2) is 52.8 Å². The number of para-hydroxylation sites is 1. The number of guanidine groups is 1. The fraction of sp³-hybridized carbons (Fsp3) is 0.350. The Kier molecular flexibility index (Phi) is 5.96. The van der Waals surface area contributed by atoms with E-state index in [-0.39, 0.29) is 0 Å². The molecule has 3 rings (SSSR count). The van der Waals surface area contributed by atoms with Crippen LogP contribution in [0.25, 0.3) is 10.9 Å². The number of rotatable bonds is 7. The lowest BCUT2D eigenvalue weighted by Crippen LogP contribution is -2.39. The van der Waals surface area contributed by atoms with Crippen LogP contribution in [0.2, 0.25) is 0 Å². The predicted molar refractivity (Wildman–Crippen MR) is 110 cm³/mol. The van der Waals surface area contributed by atoms with Gasteiger partial charge in [-0.15, -0.1) is 11.3 Å². The Balaban J connectivity index is 1.57. The second-order valence-corrected chi connectivity index (χ2v) is 7.45. The highest BCUT2D eigenvalue weighted by atomic mass is 32.1. The maximum atomic E-state index is 10.6. The van der Waals surface area contributed by atoms with Crippen molar-refractivity contribution >= 4 is 28.2 Å². The molecule has 0 saturated heterocycles. The van der Waals surface area contributed by atoms with Crippen LogP contribution < -0.4 is 10.6 Å². The van der Waals surface area contributed by atoms with Crippen molar-refractivity contribution in [1.82, 2.24) is 15.6 Å². The van der Waals surface area contributed by atoms with Crippen LogP contribution in [0, 0.1) is 0 Å². The molecule has 0 spiro atoms. The van der Waals surface area contributed by atoms with Gasteiger partial charge in [0.2, 0.25) is 0 Å². The van der Waals surface area contributed by atoms with E-state index in [0.717, 1.165) is 35.9 Å². The molecule has 0 aliphatic heterocycles. The van der Waals surface area contributed by atoms with E-state index in [1.165, 1.54) is 11.1 Å². The lowest BCUT2D eigenvalue weighted by molar-refractivity contribution is 0.0711. The van der Waals surface area contributed by atoms with Gasteiger partial charge in [0.05, 0.1) is 6.54 Å². The Bertz CT molecular complexity index is 819. The first kappa shape index (κ1) is 18.5. The monoisotopic (exact) mass is 370 g/mol. The van der Waals surface area contributed by atoms with Crippen molar-refractivity contribution in [2.75, 3.05) is 19.6 Å². The number of H-pyrrole nitrogens is 1. The lowest BCUT2D eigenvalue weighted by atomic mass is 10.1. The molecule has 6 heteroatoms. The summed E-state index contributed by atoms with van der Waals surface area (Å²) in [6.45, 7) is 5.69. The summed E-state index contributed by atoms with van der Waals surface area (Å²) in [6, 6.07) is 14.4. The Morgan fingerprint density at radius 3 is 2.81 bits per heavy atom. The molecule has 0 saturated carbocycles. The number of aromatic amines is 1. The third kappa shape index (κ3) is 4.65. The molecule has 0 amide bonds. The maximum Gasteiger partial charge on any atom is 0.191 e. The fourth-order valence-electron chi connectivity index (χ4n) is 2.82. The number of aliphatic hydroxyl groups is 1. The summed E-state index contributed by atoms with van der Waals surface area (Å²) in [5.74, 6) is 0.723. The van der Waals surface area contributed by atoms with Gasteiger partial charge in [-0.1, -0.05) is 24.3 Å². The molecule has 1 atom stereocenters. The Labute approximate surface area is 158 Å². The van der Waals surface area contributed by atoms with Crippen molar-refractivity contribution in [3.8, 4) is 0 Å². The number of aliphatic imine (C=N–C) groups is 1. The van der Waals surface area contributed by atoms with Gasteiger partial charge in [0.1, 0.15) is 5.60 Å². The Hall–Kier alpha value is -2.31. The largest absolute Gasteiger partial charge is 0.383 e. The van der Waals surface area contributed by atoms with Crippen molar-refractivity contribution < 1.29 is 5.11 Å². The molecule has 4 N–H and O–H groups in total. The van der Waals surface area contributed by atoms with Crippen molar-refractivity contribution in [1.29, 1.82) is 0 Å². The molecule has 0 aliphatic rings. The number of nitrogens with zero attached hydrogens (tertiary/aromatic N) is 1. The second-order valence-electron chi connectivity index (χ2n) is 6.50. The van der Waals surface area contributed by atoms with E-state index >= 15 is 0 Å². The smallest absolute Gasteiger partial charge is 0.191 e. The van der Waals surface area contributed by atoms with Crippen molar-refractivity contribution in [3.05, 3.63) is 58.4 Å². The highest BCUT2D eigenvalue weighted by Crippen LogP contribution is 2.25. The average Bonchev–Trinajstić information content (AvgIpc) is 3.29. The van der Waals surface area contributed by atoms with Gasteiger partial charge in [-0.2, -0.15) is 0 Å². The molecule has 2 heterocycles. The Morgan fingerprint density at radius 2 is 2.08 bits per heavy atom. The summed E-state index contributed by atoms with van der Waals surface area (Å²) in [4.78, 5) is 8.92. The van der Waals surface area contributed by atoms with Crippen LogP contribution in [0.3, 0.4) is 0 Å². The zero-order valence-electron chi connectivity index (χ0n) is 15.2. The van der Waals surface area contributed by atoms with E-state index in [4.69, 9.17) is 0 Å². The van der Waals surface area contributed by atoms with E-state index in [1.807, 2.05) is 36.6 Å². The van der Waals surface area contributed by atoms with Gasteiger partial charge in [-0.05, 0) is 42.8 Å². The molecule has 0 fully saturated rings. The molecule has 5 nitrogen and oxygen atoms in total. The number of nitrogens with one attached hydrogen (secondary N) is 3. The SMILES string of the molecule is CCNC(=NCC(C)(O)c1cccs1)NCCc1cc2ccccc2[nH]1. The van der Waals surface area contributed by atoms with Gasteiger partial charge in [0, 0.05) is 35.6 Å². The summed E-state index contributed by atoms with van der Waals surface area (Å²) in [5.41, 5.74) is 1.41. The first-order valence-corrected chi connectivity index (χ1v) is 9.81. The molecule has 2 aromatic heterocycles. The summed E-state index contributed by atoms with van der Waals surface area (Å²) < 4.78 is 0. The third-order valence-corrected chi connectivity index (χ3v) is 5.34. The quantitative estimate of drug-likeness (QED) is 0.381. The third-order valence-electron chi connectivity index (χ3n) is 4.21. The lowest BCUT2D eigenvalue weighted by Gasteiger charge is -2.20. The van der Waals surface area contributed by atoms with Crippen LogP contribution in [0.5, 0.6) is 0 Å². The molecular formula is C20H26N4OS. The molecule has 3 aromatic rings. The van der Waals surface area contributed by atoms with Gasteiger partial charge in [-0.25, -0.2) is 4.99 Å². The van der Waals surface area contributed by atoms with Crippen molar-refractivity contribution in [3.63, 3.8) is 0 Å². The molecule has 0 bridgehead atoms. The van der Waals surface area contributed by atoms with E-state index < -0.39 is 5.60 Å². The number of fused-ring (bicyclic) bond motifs is 1. The summed E-state index contributed by atoms with van der Waals surface area (Å²) in [6.07, 6.45) is 0.875. The molecule has 0 aliphatic carbocycles. The highest BCUT2D eigenvalue weighted by Gasteiger charge is 2.23. The highest BCUT2D eigenvalue weighted by molar-refractivity contribution is 7.10. The molecule has 26 heavy (non-hydrogen) atoms. The average molecular weight is 371 g/mol. The summed E-state index contributed by atoms with van der Waals surface area (Å²) >= 11 is 1.55. The zero-order valence-corrected chi connectivity index (χ0v) is 16.1. The number of aromatic nitrogens is 1. The van der Waals surface area contributed by atoms with Crippen LogP contribution in [-0.4, -0.2) is 35.7 Å². The standard InChI is InChI=1S/C20H26N4OS/c1-3-21-19(23-14-20(2,25)18-9-6-12-26-18)22-11-10-16-13-15-7-4-5-8-17(15)24-16/h4-9,12-13,24-25H,3,10-11,14H2,1-2H3,(H2,21,22,23). The first-order chi connectivity index (χ1) is 12.6. The fourth-order valence-corrected chi connectivity index (χ4v) is 3.60. The van der Waals surface area contributed by atoms with Gasteiger partial charge >= 0.3 is 0 Å². The van der Waals surface area contributed by atoms with E-state index in [9.17, 15) is 5.11 Å². The van der Waals surface area contributed by atoms with Gasteiger partial charge in [-0.3, -0.25) is 0 Å². The second kappa shape index (κ2) is 8.38. The van der Waals surface area contributed by atoms with Crippen molar-refractivity contribution in [2.24, 2.45) is 4.99 Å². The summed E-state index contributed by atoms with van der Waals surface area (Å²) in [7, 11) is 0. The molecule has 0 radical (unpaired) electrons. The minimum absolute atomic E-state index is 0.315. The zero-order chi connectivity index (χ0) is 18.4. The maximum absolute atomic E-state index is 10.6. The normalized spacial score (nSPS) is 14.3. The molecular weight excluding hydrogens is 344 g/mol. The van der Waals surface area contributed by atoms with Crippen LogP contribution in [0.4, 0.5) is 0 Å². The Morgan fingerprint density at radius 1 is 1.23 bits per heavy atom. The van der Waals surface area contributed by atoms with Gasteiger partial charge < -0.3 is 20.7 Å². The minimum atomic E-state index is -0.951. The predicted octanol–water partition coefficient (Wildman–Crippen LogP) is 3.23. The number of hydrogen-bond acceptors (Lipinski definition) is 3. The number of benzene rings is 1. The molecule has 1 aromatic carbocycles. The first-order valence-electron chi connectivity index (χ1n) is 8.93. The van der Waals surface area contributed by atoms with Gasteiger partial charge in [0.25, 0.3) is 0 Å². The number of thiophene rings is 1. The molecule has 1 unspecified atom stereocenters. The van der Waals surface area contributed by atoms with E-state index in [2.05, 4.69) is 38.8 Å². The minimum Gasteiger partial charge on any atom is -0.383 e. The van der Waals surface area contributed by atoms with Crippen LogP contribution >= 0.6 is 11.3 Å². The number of hydrogen-bond donors (Lipinski definition) is 4. The van der Waals surface area contributed by atoms with Gasteiger partial charge in [0.15, 0.2) is 5.96 Å². The van der Waals surface area contributed by atoms with Crippen molar-refractivity contribution in [2.45, 2.75) is 25.9 Å². The topological polar surface area (TPSA) is 72.4 Å². The summed E-state index contributed by atoms with van der Waals surface area (Å²) in [5, 5.41) is 20.4.